The van der Waals surface area contributed by atoms with E-state index in [-0.39, 0.29) is 5.91 Å². The first-order chi connectivity index (χ1) is 10.6. The summed E-state index contributed by atoms with van der Waals surface area (Å²) in [6.07, 6.45) is 0. The number of anilines is 1. The number of likely N-dealkylation sites (N-methyl/N-ethyl adjacent to an activating group) is 1. The van der Waals surface area contributed by atoms with Gasteiger partial charge in [-0.05, 0) is 36.6 Å². The van der Waals surface area contributed by atoms with E-state index in [1.807, 2.05) is 11.4 Å². The van der Waals surface area contributed by atoms with Crippen molar-refractivity contribution in [3.8, 4) is 6.07 Å². The average molecular weight is 335 g/mol. The summed E-state index contributed by atoms with van der Waals surface area (Å²) in [5.41, 5.74) is 0.876. The molecule has 1 aromatic heterocycles. The number of quaternary nitrogens is 1. The summed E-state index contributed by atoms with van der Waals surface area (Å²) in [7, 11) is 0. The number of nitrogens with one attached hydrogen (secondary N) is 2. The standard InChI is InChI=1S/C16H16ClN3OS/c1-2-20(10-14-4-3-7-22-14)11-16(21)19-15-8-13(17)6-5-12(15)9-18/h3-8H,2,10-11H2,1H3,(H,19,21)/p+1. The van der Waals surface area contributed by atoms with Crippen LogP contribution in [0.25, 0.3) is 0 Å². The van der Waals surface area contributed by atoms with Gasteiger partial charge in [-0.1, -0.05) is 17.7 Å². The number of halogens is 1. The van der Waals surface area contributed by atoms with Crippen LogP contribution in [0, 0.1) is 11.3 Å². The summed E-state index contributed by atoms with van der Waals surface area (Å²) >= 11 is 7.61. The van der Waals surface area contributed by atoms with E-state index in [0.717, 1.165) is 13.1 Å². The number of hydrogen-bond acceptors (Lipinski definition) is 3. The molecule has 1 heterocycles. The van der Waals surface area contributed by atoms with Gasteiger partial charge in [0.2, 0.25) is 0 Å². The molecule has 0 spiro atoms. The van der Waals surface area contributed by atoms with Gasteiger partial charge in [0, 0.05) is 5.02 Å². The third-order valence-corrected chi connectivity index (χ3v) is 4.40. The summed E-state index contributed by atoms with van der Waals surface area (Å²) in [5, 5.41) is 14.4. The fraction of sp³-hybridized carbons (Fsp3) is 0.250. The molecular weight excluding hydrogens is 318 g/mol. The third kappa shape index (κ3) is 4.57. The Labute approximate surface area is 138 Å². The van der Waals surface area contributed by atoms with Crippen molar-refractivity contribution in [1.82, 2.24) is 0 Å². The number of rotatable bonds is 6. The predicted molar refractivity (Wildman–Crippen MR) is 89.2 cm³/mol. The van der Waals surface area contributed by atoms with E-state index in [1.165, 1.54) is 9.78 Å². The van der Waals surface area contributed by atoms with Crippen LogP contribution in [-0.2, 0) is 11.3 Å². The number of benzene rings is 1. The zero-order chi connectivity index (χ0) is 15.9. The fourth-order valence-electron chi connectivity index (χ4n) is 2.11. The van der Waals surface area contributed by atoms with Gasteiger partial charge in [-0.15, -0.1) is 11.3 Å². The summed E-state index contributed by atoms with van der Waals surface area (Å²) in [6.45, 7) is 4.08. The molecule has 2 aromatic rings. The topological polar surface area (TPSA) is 57.3 Å². The fourth-order valence-corrected chi connectivity index (χ4v) is 3.06. The summed E-state index contributed by atoms with van der Waals surface area (Å²) in [6, 6.07) is 11.0. The normalized spacial score (nSPS) is 11.7. The van der Waals surface area contributed by atoms with Crippen molar-refractivity contribution in [3.63, 3.8) is 0 Å². The lowest BCUT2D eigenvalue weighted by Gasteiger charge is -2.16. The molecule has 0 radical (unpaired) electrons. The number of hydrogen-bond donors (Lipinski definition) is 2. The number of carbonyl (C=O) groups excluding carboxylic acids is 1. The van der Waals surface area contributed by atoms with Gasteiger partial charge in [-0.3, -0.25) is 4.79 Å². The zero-order valence-electron chi connectivity index (χ0n) is 12.2. The third-order valence-electron chi connectivity index (χ3n) is 3.29. The quantitative estimate of drug-likeness (QED) is 0.851. The Bertz CT molecular complexity index is 679. The van der Waals surface area contributed by atoms with Crippen molar-refractivity contribution in [2.75, 3.05) is 18.4 Å². The summed E-state index contributed by atoms with van der Waals surface area (Å²) in [5.74, 6) is -0.118. The van der Waals surface area contributed by atoms with Crippen LogP contribution in [0.2, 0.25) is 5.02 Å². The maximum atomic E-state index is 12.2. The van der Waals surface area contributed by atoms with Gasteiger partial charge in [0.25, 0.3) is 5.91 Å². The minimum absolute atomic E-state index is 0.118. The molecule has 22 heavy (non-hydrogen) atoms. The molecule has 1 atom stereocenters. The molecule has 1 aromatic carbocycles. The predicted octanol–water partition coefficient (Wildman–Crippen LogP) is 2.32. The van der Waals surface area contributed by atoms with Gasteiger partial charge < -0.3 is 10.2 Å². The molecule has 0 fully saturated rings. The Hall–Kier alpha value is -1.87. The molecule has 4 nitrogen and oxygen atoms in total. The molecule has 1 amide bonds. The van der Waals surface area contributed by atoms with Gasteiger partial charge >= 0.3 is 0 Å². The van der Waals surface area contributed by atoms with Gasteiger partial charge in [-0.2, -0.15) is 5.26 Å². The minimum Gasteiger partial charge on any atom is -0.323 e. The van der Waals surface area contributed by atoms with Crippen molar-refractivity contribution < 1.29 is 9.69 Å². The maximum absolute atomic E-state index is 12.2. The Morgan fingerprint density at radius 2 is 2.27 bits per heavy atom. The van der Waals surface area contributed by atoms with E-state index >= 15 is 0 Å². The maximum Gasteiger partial charge on any atom is 0.279 e. The second kappa shape index (κ2) is 7.95. The van der Waals surface area contributed by atoms with Crippen LogP contribution < -0.4 is 10.2 Å². The van der Waals surface area contributed by atoms with E-state index in [9.17, 15) is 4.79 Å². The van der Waals surface area contributed by atoms with Crippen LogP contribution >= 0.6 is 22.9 Å². The minimum atomic E-state index is -0.118. The first-order valence-corrected chi connectivity index (χ1v) is 8.23. The van der Waals surface area contributed by atoms with E-state index < -0.39 is 0 Å². The Morgan fingerprint density at radius 3 is 2.91 bits per heavy atom. The van der Waals surface area contributed by atoms with Crippen molar-refractivity contribution in [1.29, 1.82) is 5.26 Å². The van der Waals surface area contributed by atoms with Gasteiger partial charge in [0.1, 0.15) is 12.6 Å². The average Bonchev–Trinajstić information content (AvgIpc) is 2.99. The van der Waals surface area contributed by atoms with Gasteiger partial charge in [0.05, 0.1) is 22.7 Å². The molecule has 2 rings (SSSR count). The highest BCUT2D eigenvalue weighted by atomic mass is 35.5. The number of thiophene rings is 1. The summed E-state index contributed by atoms with van der Waals surface area (Å²) < 4.78 is 0. The highest BCUT2D eigenvalue weighted by Crippen LogP contribution is 2.20. The molecule has 6 heteroatoms. The lowest BCUT2D eigenvalue weighted by Crippen LogP contribution is -3.11. The molecule has 0 saturated carbocycles. The van der Waals surface area contributed by atoms with Crippen molar-refractivity contribution in [2.24, 2.45) is 0 Å². The van der Waals surface area contributed by atoms with Gasteiger partial charge in [0.15, 0.2) is 6.54 Å². The van der Waals surface area contributed by atoms with Crippen molar-refractivity contribution >= 4 is 34.5 Å². The number of nitrogens with zero attached hydrogens (tertiary/aromatic N) is 1. The second-order valence-electron chi connectivity index (χ2n) is 4.89. The smallest absolute Gasteiger partial charge is 0.279 e. The second-order valence-corrected chi connectivity index (χ2v) is 6.36. The van der Waals surface area contributed by atoms with Crippen LogP contribution in [0.3, 0.4) is 0 Å². The van der Waals surface area contributed by atoms with Crippen LogP contribution in [0.1, 0.15) is 17.4 Å². The van der Waals surface area contributed by atoms with Crippen molar-refractivity contribution in [3.05, 3.63) is 51.2 Å². The molecule has 2 N–H and O–H groups in total. The SMILES string of the molecule is CC[NH+](CC(=O)Nc1cc(Cl)ccc1C#N)Cc1cccs1. The van der Waals surface area contributed by atoms with E-state index in [2.05, 4.69) is 24.4 Å². The largest absolute Gasteiger partial charge is 0.323 e. The monoisotopic (exact) mass is 334 g/mol. The molecule has 114 valence electrons. The van der Waals surface area contributed by atoms with Gasteiger partial charge in [-0.25, -0.2) is 0 Å². The Morgan fingerprint density at radius 1 is 1.45 bits per heavy atom. The highest BCUT2D eigenvalue weighted by molar-refractivity contribution is 7.09. The Kier molecular flexibility index (Phi) is 5.96. The van der Waals surface area contributed by atoms with Crippen LogP contribution in [0.4, 0.5) is 5.69 Å². The van der Waals surface area contributed by atoms with E-state index in [1.54, 1.807) is 29.5 Å². The number of nitriles is 1. The first kappa shape index (κ1) is 16.5. The highest BCUT2D eigenvalue weighted by Gasteiger charge is 2.15. The molecule has 0 bridgehead atoms. The number of carbonyl (C=O) groups is 1. The van der Waals surface area contributed by atoms with E-state index in [4.69, 9.17) is 16.9 Å². The number of amides is 1. The van der Waals surface area contributed by atoms with Crippen LogP contribution in [-0.4, -0.2) is 19.0 Å². The molecular formula is C16H17ClN3OS+. The molecule has 0 aliphatic rings. The lowest BCUT2D eigenvalue weighted by molar-refractivity contribution is -0.903. The lowest BCUT2D eigenvalue weighted by atomic mass is 10.2. The summed E-state index contributed by atoms with van der Waals surface area (Å²) in [4.78, 5) is 14.6. The molecule has 0 aliphatic carbocycles. The Balaban J connectivity index is 2.00. The van der Waals surface area contributed by atoms with Crippen LogP contribution in [0.15, 0.2) is 35.7 Å². The zero-order valence-corrected chi connectivity index (χ0v) is 13.8. The molecule has 0 aliphatic heterocycles. The first-order valence-electron chi connectivity index (χ1n) is 6.97. The van der Waals surface area contributed by atoms with E-state index in [0.29, 0.717) is 22.8 Å². The molecule has 0 saturated heterocycles. The molecule has 1 unspecified atom stereocenters. The van der Waals surface area contributed by atoms with Crippen molar-refractivity contribution in [2.45, 2.75) is 13.5 Å². The van der Waals surface area contributed by atoms with Crippen LogP contribution in [0.5, 0.6) is 0 Å².